The van der Waals surface area contributed by atoms with Crippen molar-refractivity contribution in [2.75, 3.05) is 0 Å². The van der Waals surface area contributed by atoms with Gasteiger partial charge >= 0.3 is 0 Å². The van der Waals surface area contributed by atoms with Crippen molar-refractivity contribution in [3.05, 3.63) is 58.9 Å². The number of carbonyl (C=O) groups is 1. The molecule has 0 saturated heterocycles. The van der Waals surface area contributed by atoms with Gasteiger partial charge in [0.25, 0.3) is 0 Å². The Labute approximate surface area is 146 Å². The molecule has 0 aliphatic rings. The zero-order chi connectivity index (χ0) is 17.8. The van der Waals surface area contributed by atoms with Gasteiger partial charge in [-0.1, -0.05) is 17.7 Å². The molecule has 25 heavy (non-hydrogen) atoms. The summed E-state index contributed by atoms with van der Waals surface area (Å²) >= 11 is 5.95. The van der Waals surface area contributed by atoms with Crippen LogP contribution in [0.3, 0.4) is 0 Å². The number of tetrazole rings is 1. The van der Waals surface area contributed by atoms with Crippen molar-refractivity contribution >= 4 is 17.6 Å². The first-order chi connectivity index (χ1) is 12.0. The molecule has 0 spiro atoms. The number of rotatable bonds is 6. The average molecular weight is 362 g/mol. The van der Waals surface area contributed by atoms with E-state index in [1.807, 2.05) is 0 Å². The Kier molecular flexibility index (Phi) is 4.90. The first-order valence-corrected chi connectivity index (χ1v) is 7.54. The lowest BCUT2D eigenvalue weighted by atomic mass is 10.2. The number of hydrogen-bond acceptors (Lipinski definition) is 6. The second-order valence-electron chi connectivity index (χ2n) is 5.03. The maximum atomic E-state index is 13.7. The van der Waals surface area contributed by atoms with E-state index in [0.29, 0.717) is 16.3 Å². The van der Waals surface area contributed by atoms with Crippen molar-refractivity contribution in [2.45, 2.75) is 13.2 Å². The van der Waals surface area contributed by atoms with E-state index in [2.05, 4.69) is 15.4 Å². The molecule has 0 bridgehead atoms. The minimum Gasteiger partial charge on any atom is -0.548 e. The van der Waals surface area contributed by atoms with Gasteiger partial charge in [0.2, 0.25) is 5.82 Å². The number of aromatic nitrogens is 4. The van der Waals surface area contributed by atoms with Crippen LogP contribution in [-0.4, -0.2) is 26.2 Å². The van der Waals surface area contributed by atoms with Gasteiger partial charge in [0.05, 0.1) is 11.0 Å². The highest BCUT2D eigenvalue weighted by Gasteiger charge is 2.09. The molecule has 128 valence electrons. The third kappa shape index (κ3) is 4.10. The number of carbonyl (C=O) groups excluding carboxylic acids is 1. The van der Waals surface area contributed by atoms with Crippen LogP contribution in [0.1, 0.15) is 5.56 Å². The van der Waals surface area contributed by atoms with Crippen molar-refractivity contribution in [1.29, 1.82) is 0 Å². The molecule has 0 unspecified atom stereocenters. The first-order valence-electron chi connectivity index (χ1n) is 7.16. The summed E-state index contributed by atoms with van der Waals surface area (Å²) < 4.78 is 19.2. The minimum absolute atomic E-state index is 0.00903. The summed E-state index contributed by atoms with van der Waals surface area (Å²) in [7, 11) is 0. The largest absolute Gasteiger partial charge is 0.548 e. The van der Waals surface area contributed by atoms with Crippen molar-refractivity contribution in [1.82, 2.24) is 20.2 Å². The second-order valence-corrected chi connectivity index (χ2v) is 5.44. The van der Waals surface area contributed by atoms with Gasteiger partial charge in [-0.05, 0) is 41.6 Å². The molecular formula is C16H11ClFN4O3-. The van der Waals surface area contributed by atoms with E-state index in [4.69, 9.17) is 16.3 Å². The lowest BCUT2D eigenvalue weighted by molar-refractivity contribution is -0.307. The van der Waals surface area contributed by atoms with E-state index in [1.54, 1.807) is 30.3 Å². The zero-order valence-electron chi connectivity index (χ0n) is 12.7. The van der Waals surface area contributed by atoms with Crippen LogP contribution in [0.2, 0.25) is 5.02 Å². The predicted octanol–water partition coefficient (Wildman–Crippen LogP) is 1.46. The Morgan fingerprint density at radius 1 is 1.24 bits per heavy atom. The van der Waals surface area contributed by atoms with Gasteiger partial charge in [-0.15, -0.1) is 10.2 Å². The van der Waals surface area contributed by atoms with Gasteiger partial charge in [-0.25, -0.2) is 4.39 Å². The molecule has 0 fully saturated rings. The van der Waals surface area contributed by atoms with Crippen LogP contribution in [0.5, 0.6) is 5.75 Å². The Bertz CT molecular complexity index is 878. The summed E-state index contributed by atoms with van der Waals surface area (Å²) in [6.07, 6.45) is 0. The highest BCUT2D eigenvalue weighted by molar-refractivity contribution is 6.31. The number of carboxylic acid groups (broad SMARTS) is 1. The van der Waals surface area contributed by atoms with Crippen LogP contribution >= 0.6 is 11.6 Å². The van der Waals surface area contributed by atoms with Gasteiger partial charge in [0.15, 0.2) is 0 Å². The molecule has 7 nitrogen and oxygen atoms in total. The molecule has 0 amide bonds. The molecular weight excluding hydrogens is 351 g/mol. The molecule has 0 atom stereocenters. The van der Waals surface area contributed by atoms with Crippen LogP contribution in [0.25, 0.3) is 11.4 Å². The summed E-state index contributed by atoms with van der Waals surface area (Å²) in [5.41, 5.74) is 0.904. The summed E-state index contributed by atoms with van der Waals surface area (Å²) in [4.78, 5) is 11.4. The third-order valence-corrected chi connectivity index (χ3v) is 3.63. The number of nitrogens with zero attached hydrogens (tertiary/aromatic N) is 4. The molecule has 0 radical (unpaired) electrons. The molecule has 1 heterocycles. The van der Waals surface area contributed by atoms with Gasteiger partial charge in [-0.2, -0.15) is 4.80 Å². The number of hydrogen-bond donors (Lipinski definition) is 0. The van der Waals surface area contributed by atoms with Gasteiger partial charge in [-0.3, -0.25) is 0 Å². The topological polar surface area (TPSA) is 93.0 Å². The SMILES string of the molecule is O=C([O-])Cn1nnc(-c2ccc(OCc3c(F)cccc3Cl)cc2)n1. The molecule has 0 N–H and O–H groups in total. The number of aliphatic carboxylic acids is 1. The number of benzene rings is 2. The lowest BCUT2D eigenvalue weighted by Gasteiger charge is -2.09. The Hall–Kier alpha value is -3.00. The molecule has 0 aliphatic carbocycles. The van der Waals surface area contributed by atoms with Crippen LogP contribution in [0.4, 0.5) is 4.39 Å². The Morgan fingerprint density at radius 3 is 2.68 bits per heavy atom. The lowest BCUT2D eigenvalue weighted by Crippen LogP contribution is -2.28. The fourth-order valence-electron chi connectivity index (χ4n) is 2.07. The van der Waals surface area contributed by atoms with Crippen molar-refractivity contribution in [2.24, 2.45) is 0 Å². The quantitative estimate of drug-likeness (QED) is 0.660. The van der Waals surface area contributed by atoms with Gasteiger partial charge in [0.1, 0.15) is 24.7 Å². The summed E-state index contributed by atoms with van der Waals surface area (Å²) in [6.45, 7) is -0.484. The molecule has 0 aliphatic heterocycles. The maximum absolute atomic E-state index is 13.7. The second kappa shape index (κ2) is 7.27. The molecule has 2 aromatic carbocycles. The highest BCUT2D eigenvalue weighted by Crippen LogP contribution is 2.23. The van der Waals surface area contributed by atoms with Gasteiger partial charge < -0.3 is 14.6 Å². The molecule has 3 rings (SSSR count). The monoisotopic (exact) mass is 361 g/mol. The van der Waals surface area contributed by atoms with Crippen molar-refractivity contribution in [3.63, 3.8) is 0 Å². The van der Waals surface area contributed by atoms with Crippen molar-refractivity contribution in [3.8, 4) is 17.1 Å². The van der Waals surface area contributed by atoms with E-state index in [0.717, 1.165) is 4.80 Å². The van der Waals surface area contributed by atoms with Crippen LogP contribution in [0, 0.1) is 5.82 Å². The molecule has 3 aromatic rings. The maximum Gasteiger partial charge on any atom is 0.204 e. The fourth-order valence-corrected chi connectivity index (χ4v) is 2.28. The normalized spacial score (nSPS) is 10.6. The smallest absolute Gasteiger partial charge is 0.204 e. The minimum atomic E-state index is -1.31. The van der Waals surface area contributed by atoms with E-state index < -0.39 is 18.3 Å². The molecule has 9 heteroatoms. The first kappa shape index (κ1) is 16.8. The highest BCUT2D eigenvalue weighted by atomic mass is 35.5. The van der Waals surface area contributed by atoms with Crippen LogP contribution in [0.15, 0.2) is 42.5 Å². The standard InChI is InChI=1S/C16H12ClFN4O3/c17-13-2-1-3-14(18)12(13)9-25-11-6-4-10(5-7-11)16-19-21-22(20-16)8-15(23)24/h1-7H,8-9H2,(H,23,24)/p-1. The summed E-state index contributed by atoms with van der Waals surface area (Å²) in [5, 5.41) is 22.1. The number of halogens is 2. The van der Waals surface area contributed by atoms with Crippen LogP contribution < -0.4 is 9.84 Å². The average Bonchev–Trinajstić information content (AvgIpc) is 3.02. The van der Waals surface area contributed by atoms with E-state index in [-0.39, 0.29) is 18.0 Å². The fraction of sp³-hybridized carbons (Fsp3) is 0.125. The van der Waals surface area contributed by atoms with E-state index >= 15 is 0 Å². The molecule has 0 saturated carbocycles. The van der Waals surface area contributed by atoms with E-state index in [1.165, 1.54) is 12.1 Å². The predicted molar refractivity (Wildman–Crippen MR) is 84.0 cm³/mol. The van der Waals surface area contributed by atoms with Crippen LogP contribution in [-0.2, 0) is 17.9 Å². The Morgan fingerprint density at radius 2 is 2.00 bits per heavy atom. The molecule has 1 aromatic heterocycles. The number of carboxylic acids is 1. The van der Waals surface area contributed by atoms with E-state index in [9.17, 15) is 14.3 Å². The zero-order valence-corrected chi connectivity index (χ0v) is 13.5. The third-order valence-electron chi connectivity index (χ3n) is 3.28. The number of ether oxygens (including phenoxy) is 1. The van der Waals surface area contributed by atoms with Crippen molar-refractivity contribution < 1.29 is 19.0 Å². The summed E-state index contributed by atoms with van der Waals surface area (Å²) in [5.74, 6) is -0.965. The Balaban J connectivity index is 1.68. The summed E-state index contributed by atoms with van der Waals surface area (Å²) in [6, 6.07) is 11.1. The van der Waals surface area contributed by atoms with Gasteiger partial charge in [0, 0.05) is 11.1 Å².